The highest BCUT2D eigenvalue weighted by molar-refractivity contribution is 5.85. The molecule has 0 radical (unpaired) electrons. The van der Waals surface area contributed by atoms with E-state index in [2.05, 4.69) is 10.4 Å². The maximum Gasteiger partial charge on any atom is 0.435 e. The number of nitrogens with zero attached hydrogens (tertiary/aromatic N) is 3. The Labute approximate surface area is 160 Å². The Hall–Kier alpha value is -2.26. The zero-order chi connectivity index (χ0) is 18.7. The molecule has 1 saturated heterocycles. The molecule has 1 fully saturated rings. The summed E-state index contributed by atoms with van der Waals surface area (Å²) in [7, 11) is 1.56. The predicted octanol–water partition coefficient (Wildman–Crippen LogP) is 2.51. The largest absolute Gasteiger partial charge is 0.496 e. The molecule has 6 nitrogen and oxygen atoms in total. The molecule has 1 aromatic carbocycles. The van der Waals surface area contributed by atoms with Crippen LogP contribution in [0.25, 0.3) is 0 Å². The molecule has 3 rings (SSSR count). The van der Waals surface area contributed by atoms with Gasteiger partial charge in [0.05, 0.1) is 13.2 Å². The van der Waals surface area contributed by atoms with Crippen LogP contribution in [0.5, 0.6) is 5.75 Å². The molecule has 27 heavy (non-hydrogen) atoms. The van der Waals surface area contributed by atoms with Gasteiger partial charge in [-0.15, -0.1) is 12.4 Å². The number of halogens is 4. The summed E-state index contributed by atoms with van der Waals surface area (Å²) in [6.45, 7) is 1.36. The van der Waals surface area contributed by atoms with Crippen molar-refractivity contribution in [3.05, 3.63) is 47.8 Å². The zero-order valence-corrected chi connectivity index (χ0v) is 15.4. The number of ether oxygens (including phenoxy) is 1. The van der Waals surface area contributed by atoms with Crippen LogP contribution in [0.15, 0.2) is 36.5 Å². The Morgan fingerprint density at radius 1 is 1.33 bits per heavy atom. The number of alkyl halides is 3. The first-order valence-electron chi connectivity index (χ1n) is 8.14. The summed E-state index contributed by atoms with van der Waals surface area (Å²) < 4.78 is 44.4. The first kappa shape index (κ1) is 21.0. The third-order valence-corrected chi connectivity index (χ3v) is 4.29. The standard InChI is InChI=1S/C17H19F3N4O2.ClH/c1-26-14-5-3-2-4-12(14)13-10-21-7-9-24(13)16(25)11-23-8-6-15(22-23)17(18,19)20;/h2-6,8,13,21H,7,9-11H2,1H3;1H. The van der Waals surface area contributed by atoms with Crippen molar-refractivity contribution in [1.82, 2.24) is 20.0 Å². The van der Waals surface area contributed by atoms with Crippen molar-refractivity contribution in [3.8, 4) is 5.75 Å². The highest BCUT2D eigenvalue weighted by atomic mass is 35.5. The summed E-state index contributed by atoms with van der Waals surface area (Å²) in [6.07, 6.45) is -3.36. The lowest BCUT2D eigenvalue weighted by Crippen LogP contribution is -2.49. The van der Waals surface area contributed by atoms with Crippen molar-refractivity contribution in [3.63, 3.8) is 0 Å². The minimum atomic E-state index is -4.52. The fourth-order valence-corrected chi connectivity index (χ4v) is 3.05. The van der Waals surface area contributed by atoms with Crippen LogP contribution in [0, 0.1) is 0 Å². The van der Waals surface area contributed by atoms with Gasteiger partial charge in [-0.3, -0.25) is 9.48 Å². The van der Waals surface area contributed by atoms with E-state index in [0.717, 1.165) is 16.3 Å². The number of rotatable bonds is 4. The second kappa shape index (κ2) is 8.62. The number of hydrogen-bond acceptors (Lipinski definition) is 4. The van der Waals surface area contributed by atoms with Gasteiger partial charge in [0.15, 0.2) is 5.69 Å². The Kier molecular flexibility index (Phi) is 6.72. The van der Waals surface area contributed by atoms with Crippen molar-refractivity contribution < 1.29 is 22.7 Å². The Morgan fingerprint density at radius 3 is 2.74 bits per heavy atom. The van der Waals surface area contributed by atoms with Crippen LogP contribution in [0.2, 0.25) is 0 Å². The van der Waals surface area contributed by atoms with Crippen LogP contribution in [-0.4, -0.2) is 47.3 Å². The molecule has 1 aliphatic heterocycles. The van der Waals surface area contributed by atoms with Crippen LogP contribution < -0.4 is 10.1 Å². The van der Waals surface area contributed by atoms with Gasteiger partial charge >= 0.3 is 6.18 Å². The molecule has 1 unspecified atom stereocenters. The third kappa shape index (κ3) is 4.72. The molecular weight excluding hydrogens is 385 g/mol. The number of methoxy groups -OCH3 is 1. The summed E-state index contributed by atoms with van der Waals surface area (Å²) in [5.74, 6) is 0.372. The Morgan fingerprint density at radius 2 is 2.07 bits per heavy atom. The lowest BCUT2D eigenvalue weighted by atomic mass is 10.0. The summed E-state index contributed by atoms with van der Waals surface area (Å²) >= 11 is 0. The summed E-state index contributed by atoms with van der Waals surface area (Å²) in [4.78, 5) is 14.4. The number of para-hydroxylation sites is 1. The first-order chi connectivity index (χ1) is 12.4. The lowest BCUT2D eigenvalue weighted by molar-refractivity contribution is -0.142. The molecule has 1 atom stereocenters. The molecule has 1 aromatic heterocycles. The van der Waals surface area contributed by atoms with E-state index in [0.29, 0.717) is 25.4 Å². The summed E-state index contributed by atoms with van der Waals surface area (Å²) in [5.41, 5.74) is -0.154. The molecule has 1 N–H and O–H groups in total. The van der Waals surface area contributed by atoms with Gasteiger partial charge in [-0.05, 0) is 12.1 Å². The fourth-order valence-electron chi connectivity index (χ4n) is 3.05. The fraction of sp³-hybridized carbons (Fsp3) is 0.412. The Balaban J connectivity index is 0.00000261. The number of aromatic nitrogens is 2. The number of carbonyl (C=O) groups excluding carboxylic acids is 1. The van der Waals surface area contributed by atoms with Crippen LogP contribution in [-0.2, 0) is 17.5 Å². The number of amides is 1. The maximum absolute atomic E-state index is 12.7. The van der Waals surface area contributed by atoms with E-state index >= 15 is 0 Å². The molecule has 2 aromatic rings. The monoisotopic (exact) mass is 404 g/mol. The third-order valence-electron chi connectivity index (χ3n) is 4.29. The van der Waals surface area contributed by atoms with E-state index in [9.17, 15) is 18.0 Å². The molecule has 0 spiro atoms. The van der Waals surface area contributed by atoms with Gasteiger partial charge in [0, 0.05) is 31.4 Å². The quantitative estimate of drug-likeness (QED) is 0.850. The second-order valence-electron chi connectivity index (χ2n) is 5.95. The highest BCUT2D eigenvalue weighted by Gasteiger charge is 2.34. The van der Waals surface area contributed by atoms with Gasteiger partial charge in [-0.2, -0.15) is 18.3 Å². The van der Waals surface area contributed by atoms with Crippen molar-refractivity contribution in [1.29, 1.82) is 0 Å². The first-order valence-corrected chi connectivity index (χ1v) is 8.14. The molecule has 2 heterocycles. The van der Waals surface area contributed by atoms with E-state index in [1.165, 1.54) is 6.20 Å². The van der Waals surface area contributed by atoms with E-state index in [1.807, 2.05) is 24.3 Å². The number of hydrogen-bond donors (Lipinski definition) is 1. The predicted molar refractivity (Wildman–Crippen MR) is 94.8 cm³/mol. The van der Waals surface area contributed by atoms with Crippen LogP contribution >= 0.6 is 12.4 Å². The SMILES string of the molecule is COc1ccccc1C1CNCCN1C(=O)Cn1ccc(C(F)(F)F)n1.Cl. The van der Waals surface area contributed by atoms with Gasteiger partial charge in [-0.1, -0.05) is 18.2 Å². The normalized spacial score (nSPS) is 17.3. The molecule has 0 bridgehead atoms. The van der Waals surface area contributed by atoms with Crippen molar-refractivity contribution in [2.45, 2.75) is 18.8 Å². The molecule has 1 amide bonds. The summed E-state index contributed by atoms with van der Waals surface area (Å²) in [6, 6.07) is 8.00. The molecular formula is C17H20ClF3N4O2. The van der Waals surface area contributed by atoms with Gasteiger partial charge in [-0.25, -0.2) is 0 Å². The topological polar surface area (TPSA) is 59.4 Å². The average Bonchev–Trinajstić information content (AvgIpc) is 3.10. The van der Waals surface area contributed by atoms with E-state index < -0.39 is 11.9 Å². The van der Waals surface area contributed by atoms with Crippen molar-refractivity contribution in [2.75, 3.05) is 26.7 Å². The van der Waals surface area contributed by atoms with Crippen molar-refractivity contribution in [2.24, 2.45) is 0 Å². The molecule has 10 heteroatoms. The zero-order valence-electron chi connectivity index (χ0n) is 14.6. The number of carbonyl (C=O) groups is 1. The van der Waals surface area contributed by atoms with Gasteiger partial charge in [0.1, 0.15) is 12.3 Å². The number of piperazine rings is 1. The highest BCUT2D eigenvalue weighted by Crippen LogP contribution is 2.30. The van der Waals surface area contributed by atoms with Crippen LogP contribution in [0.1, 0.15) is 17.3 Å². The smallest absolute Gasteiger partial charge is 0.435 e. The van der Waals surface area contributed by atoms with Gasteiger partial charge < -0.3 is 15.0 Å². The lowest BCUT2D eigenvalue weighted by Gasteiger charge is -2.37. The van der Waals surface area contributed by atoms with Gasteiger partial charge in [0.2, 0.25) is 5.91 Å². The molecule has 0 saturated carbocycles. The van der Waals surface area contributed by atoms with Crippen LogP contribution in [0.4, 0.5) is 13.2 Å². The summed E-state index contributed by atoms with van der Waals surface area (Å²) in [5, 5.41) is 6.69. The van der Waals surface area contributed by atoms with E-state index in [1.54, 1.807) is 12.0 Å². The maximum atomic E-state index is 12.7. The average molecular weight is 405 g/mol. The van der Waals surface area contributed by atoms with E-state index in [-0.39, 0.29) is 30.9 Å². The molecule has 0 aliphatic carbocycles. The van der Waals surface area contributed by atoms with E-state index in [4.69, 9.17) is 4.74 Å². The number of nitrogens with one attached hydrogen (secondary N) is 1. The number of benzene rings is 1. The second-order valence-corrected chi connectivity index (χ2v) is 5.95. The molecule has 148 valence electrons. The Bertz CT molecular complexity index is 782. The minimum absolute atomic E-state index is 0. The van der Waals surface area contributed by atoms with Crippen LogP contribution in [0.3, 0.4) is 0 Å². The molecule has 1 aliphatic rings. The van der Waals surface area contributed by atoms with Gasteiger partial charge in [0.25, 0.3) is 0 Å². The minimum Gasteiger partial charge on any atom is -0.496 e. The van der Waals surface area contributed by atoms with Crippen molar-refractivity contribution >= 4 is 18.3 Å².